The Kier molecular flexibility index (Phi) is 38.2. The number of aromatic amines is 2. The Morgan fingerprint density at radius 3 is 1.24 bits per heavy atom. The molecule has 110 heavy (non-hydrogen) atoms. The van der Waals surface area contributed by atoms with Gasteiger partial charge in [0.2, 0.25) is 29.2 Å². The number of nitrogens with two attached hydrogens (primary N) is 2. The van der Waals surface area contributed by atoms with Crippen molar-refractivity contribution < 1.29 is 88.8 Å². The zero-order valence-electron chi connectivity index (χ0n) is 64.5. The lowest BCUT2D eigenvalue weighted by molar-refractivity contribution is -0.137. The number of amides is 2. The average Bonchev–Trinajstić information content (AvgIpc) is 1.15. The van der Waals surface area contributed by atoms with Gasteiger partial charge in [-0.25, -0.2) is 28.7 Å². The molecule has 4 aromatic heterocycles. The second-order valence-electron chi connectivity index (χ2n) is 26.7. The lowest BCUT2D eigenvalue weighted by Crippen LogP contribution is -2.47. The van der Waals surface area contributed by atoms with Gasteiger partial charge in [0.05, 0.1) is 149 Å². The van der Waals surface area contributed by atoms with Crippen molar-refractivity contribution in [2.45, 2.75) is 85.0 Å². The van der Waals surface area contributed by atoms with Gasteiger partial charge in [0.15, 0.2) is 11.6 Å². The lowest BCUT2D eigenvalue weighted by atomic mass is 10.1. The first-order valence-corrected chi connectivity index (χ1v) is 38.3. The number of esters is 1. The van der Waals surface area contributed by atoms with E-state index in [-0.39, 0.29) is 76.0 Å². The fourth-order valence-corrected chi connectivity index (χ4v) is 12.3. The molecule has 0 saturated carbocycles. The maximum absolute atomic E-state index is 13.9. The first-order valence-electron chi connectivity index (χ1n) is 38.3. The number of carbonyl (C=O) groups is 4. The molecule has 33 heteroatoms. The van der Waals surface area contributed by atoms with Gasteiger partial charge in [-0.05, 0) is 56.2 Å². The number of fused-ring (bicyclic) bond motifs is 6. The summed E-state index contributed by atoms with van der Waals surface area (Å²) in [5.74, 6) is -6.97. The number of nitrogens with zero attached hydrogens (tertiary/aromatic N) is 10. The van der Waals surface area contributed by atoms with Crippen molar-refractivity contribution in [2.75, 3.05) is 246 Å². The first kappa shape index (κ1) is 87.5. The molecule has 2 aliphatic rings. The number of ketones is 1. The van der Waals surface area contributed by atoms with Gasteiger partial charge in [-0.2, -0.15) is 8.78 Å². The van der Waals surface area contributed by atoms with Crippen LogP contribution in [0.1, 0.15) is 83.8 Å². The predicted molar refractivity (Wildman–Crippen MR) is 411 cm³/mol. The number of hydrogen-bond acceptors (Lipinski definition) is 25. The van der Waals surface area contributed by atoms with Gasteiger partial charge < -0.3 is 93.1 Å². The maximum Gasteiger partial charge on any atom is 0.313 e. The summed E-state index contributed by atoms with van der Waals surface area (Å²) in [7, 11) is 3.21. The van der Waals surface area contributed by atoms with E-state index in [1.54, 1.807) is 30.9 Å². The van der Waals surface area contributed by atoms with Crippen molar-refractivity contribution >= 4 is 90.5 Å². The van der Waals surface area contributed by atoms with Gasteiger partial charge in [-0.3, -0.25) is 29.0 Å². The monoisotopic (exact) mass is 1550 g/mol. The first-order chi connectivity index (χ1) is 53.5. The highest BCUT2D eigenvalue weighted by molar-refractivity contribution is 6.08. The highest BCUT2D eigenvalue weighted by Crippen LogP contribution is 2.33. The minimum absolute atomic E-state index is 0.0150. The molecule has 29 nitrogen and oxygen atoms in total. The summed E-state index contributed by atoms with van der Waals surface area (Å²) in [5, 5.41) is 1.99. The van der Waals surface area contributed by atoms with Crippen molar-refractivity contribution in [3.63, 3.8) is 0 Å². The summed E-state index contributed by atoms with van der Waals surface area (Å²) in [6, 6.07) is 12.6. The third kappa shape index (κ3) is 28.3. The Hall–Kier alpha value is -8.06. The molecule has 9 rings (SSSR count). The molecule has 0 bridgehead atoms. The maximum atomic E-state index is 13.9. The molecule has 2 fully saturated rings. The van der Waals surface area contributed by atoms with Crippen LogP contribution in [-0.2, 0) is 79.4 Å². The van der Waals surface area contributed by atoms with E-state index in [9.17, 15) is 36.7 Å². The number of aromatic nitrogens is 6. The van der Waals surface area contributed by atoms with Crippen LogP contribution in [-0.4, -0.2) is 298 Å². The van der Waals surface area contributed by atoms with Crippen LogP contribution < -0.4 is 26.0 Å². The van der Waals surface area contributed by atoms with Crippen molar-refractivity contribution in [3.8, 4) is 5.75 Å². The average molecular weight is 1550 g/mol. The number of nitrogen functional groups attached to an aromatic ring is 2. The van der Waals surface area contributed by atoms with Crippen molar-refractivity contribution in [2.24, 2.45) is 0 Å². The van der Waals surface area contributed by atoms with Crippen LogP contribution in [0.25, 0.3) is 43.9 Å². The minimum atomic E-state index is -1.82. The number of halogens is 4. The van der Waals surface area contributed by atoms with Crippen LogP contribution in [0.3, 0.4) is 0 Å². The van der Waals surface area contributed by atoms with Gasteiger partial charge in [-0.1, -0.05) is 26.7 Å². The predicted octanol–water partition coefficient (Wildman–Crippen LogP) is 7.71. The highest BCUT2D eigenvalue weighted by atomic mass is 19.2. The summed E-state index contributed by atoms with van der Waals surface area (Å²) < 4.78 is 114. The molecule has 6 N–H and O–H groups in total. The summed E-state index contributed by atoms with van der Waals surface area (Å²) in [6.45, 7) is 22.0. The molecule has 2 amide bonds. The molecule has 0 aliphatic carbocycles. The molecular formula is C77H112F4N14O15. The molecule has 608 valence electrons. The molecule has 2 saturated heterocycles. The SMILES string of the molecule is CCCCc1nc2c([nH]1)c(N)nc1ccc(N3CCN(CCOCCN(CCOCCC(=O)Oc4c(F)c(F)cc(F)c4F)C(=O)CCOCCOCCOC)CC3)cc12.CCCCc1nc2c([nH]1)c(N)nc1ccc(N3CCN(CCOCCN(CCOCCC(C)=O)C(=O)CCOCCOCCOC)CC3)cc12. The number of nitrogens with one attached hydrogen (secondary N) is 2. The summed E-state index contributed by atoms with van der Waals surface area (Å²) >= 11 is 0. The summed E-state index contributed by atoms with van der Waals surface area (Å²) in [6.07, 6.45) is 6.33. The minimum Gasteiger partial charge on any atom is -0.420 e. The van der Waals surface area contributed by atoms with Gasteiger partial charge in [-0.15, -0.1) is 0 Å². The van der Waals surface area contributed by atoms with Crippen molar-refractivity contribution in [1.29, 1.82) is 0 Å². The number of imidazole rings is 2. The molecule has 2 aliphatic heterocycles. The third-order valence-corrected chi connectivity index (χ3v) is 18.7. The number of methoxy groups -OCH3 is 2. The third-order valence-electron chi connectivity index (χ3n) is 18.7. The number of ether oxygens (including phenoxy) is 11. The number of anilines is 4. The van der Waals surface area contributed by atoms with Crippen LogP contribution >= 0.6 is 0 Å². The number of pyridine rings is 2. The van der Waals surface area contributed by atoms with Crippen LogP contribution in [0, 0.1) is 23.3 Å². The number of Topliss-reactive ketones (excluding diaryl/α,β-unsaturated/α-hetero) is 1. The lowest BCUT2D eigenvalue weighted by Gasteiger charge is -2.36. The van der Waals surface area contributed by atoms with E-state index < -0.39 is 41.4 Å². The molecule has 3 aromatic carbocycles. The summed E-state index contributed by atoms with van der Waals surface area (Å²) in [4.78, 5) is 88.0. The molecule has 0 atom stereocenters. The number of rotatable bonds is 51. The Labute approximate surface area is 640 Å². The molecule has 0 radical (unpaired) electrons. The molecule has 0 unspecified atom stereocenters. The van der Waals surface area contributed by atoms with Crippen LogP contribution in [0.2, 0.25) is 0 Å². The number of hydrogen-bond donors (Lipinski definition) is 4. The van der Waals surface area contributed by atoms with Crippen molar-refractivity contribution in [1.82, 2.24) is 49.5 Å². The summed E-state index contributed by atoms with van der Waals surface area (Å²) in [5.41, 5.74) is 19.8. The van der Waals surface area contributed by atoms with E-state index in [4.69, 9.17) is 68.8 Å². The van der Waals surface area contributed by atoms with E-state index >= 15 is 0 Å². The van der Waals surface area contributed by atoms with Crippen LogP contribution in [0.4, 0.5) is 40.6 Å². The Morgan fingerprint density at radius 1 is 0.464 bits per heavy atom. The Balaban J connectivity index is 0.000000281. The van der Waals surface area contributed by atoms with Crippen LogP contribution in [0.5, 0.6) is 5.75 Å². The van der Waals surface area contributed by atoms with Gasteiger partial charge in [0.1, 0.15) is 51.1 Å². The van der Waals surface area contributed by atoms with Gasteiger partial charge in [0, 0.05) is 153 Å². The van der Waals surface area contributed by atoms with E-state index in [0.717, 1.165) is 164 Å². The molecule has 0 spiro atoms. The number of piperazine rings is 2. The van der Waals surface area contributed by atoms with E-state index in [2.05, 4.69) is 82.4 Å². The van der Waals surface area contributed by atoms with Gasteiger partial charge in [0.25, 0.3) is 0 Å². The number of aryl methyl sites for hydroxylation is 2. The van der Waals surface area contributed by atoms with Gasteiger partial charge >= 0.3 is 5.97 Å². The Morgan fingerprint density at radius 2 is 0.836 bits per heavy atom. The number of unbranched alkanes of at least 4 members (excludes halogenated alkanes) is 2. The highest BCUT2D eigenvalue weighted by Gasteiger charge is 2.26. The Bertz CT molecular complexity index is 3930. The second-order valence-corrected chi connectivity index (χ2v) is 26.7. The number of H-pyrrole nitrogens is 2. The smallest absolute Gasteiger partial charge is 0.313 e. The zero-order chi connectivity index (χ0) is 78.4. The topological polar surface area (TPSA) is 324 Å². The quantitative estimate of drug-likeness (QED) is 0.00932. The largest absolute Gasteiger partial charge is 0.420 e. The van der Waals surface area contributed by atoms with E-state index in [1.165, 1.54) is 0 Å². The van der Waals surface area contributed by atoms with Crippen molar-refractivity contribution in [3.05, 3.63) is 77.4 Å². The van der Waals surface area contributed by atoms with E-state index in [1.807, 2.05) is 12.1 Å². The fraction of sp³-hybridized carbons (Fsp3) is 0.610. The van der Waals surface area contributed by atoms with Crippen LogP contribution in [0.15, 0.2) is 42.5 Å². The number of carbonyl (C=O) groups excluding carboxylic acids is 4. The fourth-order valence-electron chi connectivity index (χ4n) is 12.3. The second kappa shape index (κ2) is 48.0. The molecule has 6 heterocycles. The molecule has 7 aromatic rings. The van der Waals surface area contributed by atoms with E-state index in [0.29, 0.717) is 130 Å². The normalized spacial score (nSPS) is 13.6. The molecular weight excluding hydrogens is 1440 g/mol. The standard InChI is InChI=1S/C41H55F4N7O8.C36H57N7O7/c1-3-4-5-33-48-38-29-26-28(6-7-32(29)47-41(46)39(38)49-33)51-12-10-50(11-13-51)14-19-58-21-16-52(34(53)8-17-57-24-25-59-23-22-55-2)15-20-56-18-9-35(54)60-40-36(44)30(42)27-31(43)37(40)45;1-4-5-6-32-39-34-30-27-29(7-8-31(30)38-36(37)35(34)40-32)42-13-11-41(12-14-42)15-20-49-22-17-43(16-21-47-18-9-28(2)44)33(45)10-19-48-25-26-50-24-23-46-3/h6-7,26-27H,3-5,8-25H2,1-2H3,(H2,46,47)(H,48,49);7-8,27H,4-6,9-26H2,1-3H3,(H2,37,38)(H,39,40). The zero-order valence-corrected chi connectivity index (χ0v) is 64.5. The number of benzene rings is 3.